The number of carbonyl (C=O) groups excluding carboxylic acids is 1. The number of benzene rings is 1. The van der Waals surface area contributed by atoms with Gasteiger partial charge in [0.2, 0.25) is 0 Å². The second-order valence-electron chi connectivity index (χ2n) is 5.60. The van der Waals surface area contributed by atoms with Gasteiger partial charge in [0, 0.05) is 18.7 Å². The molecule has 3 rings (SSSR count). The zero-order valence-corrected chi connectivity index (χ0v) is 10.7. The van der Waals surface area contributed by atoms with Crippen LogP contribution in [-0.2, 0) is 4.79 Å². The van der Waals surface area contributed by atoms with E-state index in [0.29, 0.717) is 25.1 Å². The highest BCUT2D eigenvalue weighted by Crippen LogP contribution is 2.49. The Morgan fingerprint density at radius 3 is 2.63 bits per heavy atom. The minimum atomic E-state index is -0.738. The molecule has 2 aliphatic rings. The lowest BCUT2D eigenvalue weighted by molar-refractivity contribution is -0.149. The number of hydrogen-bond donors (Lipinski definition) is 1. The number of hydrogen-bond acceptors (Lipinski definition) is 2. The number of rotatable bonds is 2. The van der Waals surface area contributed by atoms with Crippen LogP contribution >= 0.6 is 0 Å². The molecule has 1 aliphatic heterocycles. The first-order valence-corrected chi connectivity index (χ1v) is 6.71. The van der Waals surface area contributed by atoms with Gasteiger partial charge in [-0.2, -0.15) is 0 Å². The number of nitrogens with zero attached hydrogens (tertiary/aromatic N) is 1. The molecule has 0 radical (unpaired) electrons. The van der Waals surface area contributed by atoms with Crippen molar-refractivity contribution in [2.45, 2.75) is 19.3 Å². The smallest absolute Gasteiger partial charge is 0.311 e. The molecule has 1 aromatic carbocycles. The van der Waals surface area contributed by atoms with Crippen molar-refractivity contribution in [1.29, 1.82) is 0 Å². The summed E-state index contributed by atoms with van der Waals surface area (Å²) in [6.07, 6.45) is 2.58. The average Bonchev–Trinajstić information content (AvgIpc) is 2.96. The molecule has 0 spiro atoms. The van der Waals surface area contributed by atoms with Crippen LogP contribution in [0.2, 0.25) is 0 Å². The van der Waals surface area contributed by atoms with Gasteiger partial charge in [-0.1, -0.05) is 24.6 Å². The van der Waals surface area contributed by atoms with Crippen molar-refractivity contribution < 1.29 is 14.7 Å². The van der Waals surface area contributed by atoms with Crippen LogP contribution in [0, 0.1) is 11.3 Å². The summed E-state index contributed by atoms with van der Waals surface area (Å²) in [5.41, 5.74) is -0.0484. The van der Waals surface area contributed by atoms with Gasteiger partial charge in [0.15, 0.2) is 0 Å². The molecule has 1 aliphatic carbocycles. The van der Waals surface area contributed by atoms with E-state index in [9.17, 15) is 14.7 Å². The molecule has 1 amide bonds. The molecule has 1 saturated carbocycles. The molecular formula is C15H17NO3. The second kappa shape index (κ2) is 4.37. The molecule has 0 unspecified atom stereocenters. The van der Waals surface area contributed by atoms with E-state index in [1.165, 1.54) is 0 Å². The molecule has 2 atom stereocenters. The molecule has 0 aromatic heterocycles. The third-order valence-electron chi connectivity index (χ3n) is 4.60. The van der Waals surface area contributed by atoms with Gasteiger partial charge in [-0.3, -0.25) is 9.59 Å². The van der Waals surface area contributed by atoms with Crippen molar-refractivity contribution in [2.24, 2.45) is 11.3 Å². The van der Waals surface area contributed by atoms with E-state index in [0.717, 1.165) is 12.8 Å². The maximum atomic E-state index is 12.4. The number of carboxylic acid groups (broad SMARTS) is 1. The standard InChI is InChI=1S/C15H17NO3/c17-13(11-5-2-1-3-6-11)16-9-12-7-4-8-15(12,10-16)14(18)19/h1-3,5-6,12H,4,7-10H2,(H,18,19)/t12-,15+/m0/s1. The number of likely N-dealkylation sites (tertiary alicyclic amines) is 1. The van der Waals surface area contributed by atoms with E-state index in [1.807, 2.05) is 18.2 Å². The molecule has 19 heavy (non-hydrogen) atoms. The van der Waals surface area contributed by atoms with Crippen molar-refractivity contribution in [3.05, 3.63) is 35.9 Å². The van der Waals surface area contributed by atoms with E-state index in [4.69, 9.17) is 0 Å². The van der Waals surface area contributed by atoms with E-state index in [1.54, 1.807) is 17.0 Å². The Hall–Kier alpha value is -1.84. The van der Waals surface area contributed by atoms with Gasteiger partial charge in [-0.25, -0.2) is 0 Å². The zero-order chi connectivity index (χ0) is 13.5. The van der Waals surface area contributed by atoms with Crippen LogP contribution in [0.1, 0.15) is 29.6 Å². The Labute approximate surface area is 112 Å². The van der Waals surface area contributed by atoms with Crippen LogP contribution in [0.5, 0.6) is 0 Å². The SMILES string of the molecule is O=C(c1ccccc1)N1C[C@@H]2CCC[C@@]2(C(=O)O)C1. The van der Waals surface area contributed by atoms with Gasteiger partial charge in [0.1, 0.15) is 0 Å². The Morgan fingerprint density at radius 1 is 1.26 bits per heavy atom. The normalized spacial score (nSPS) is 29.3. The fraction of sp³-hybridized carbons (Fsp3) is 0.467. The van der Waals surface area contributed by atoms with Crippen molar-refractivity contribution >= 4 is 11.9 Å². The Bertz CT molecular complexity index is 513. The van der Waals surface area contributed by atoms with Crippen molar-refractivity contribution in [1.82, 2.24) is 4.90 Å². The van der Waals surface area contributed by atoms with Crippen molar-refractivity contribution in [2.75, 3.05) is 13.1 Å². The van der Waals surface area contributed by atoms with E-state index >= 15 is 0 Å². The fourth-order valence-electron chi connectivity index (χ4n) is 3.56. The predicted octanol–water partition coefficient (Wildman–Crippen LogP) is 2.01. The molecule has 1 heterocycles. The maximum absolute atomic E-state index is 12.4. The number of fused-ring (bicyclic) bond motifs is 1. The van der Waals surface area contributed by atoms with E-state index in [2.05, 4.69) is 0 Å². The summed E-state index contributed by atoms with van der Waals surface area (Å²) >= 11 is 0. The first-order valence-electron chi connectivity index (χ1n) is 6.71. The number of aliphatic carboxylic acids is 1. The van der Waals surface area contributed by atoms with Crippen LogP contribution in [-0.4, -0.2) is 35.0 Å². The number of amides is 1. The van der Waals surface area contributed by atoms with Gasteiger partial charge in [0.05, 0.1) is 5.41 Å². The molecule has 4 nitrogen and oxygen atoms in total. The first kappa shape index (κ1) is 12.2. The first-order chi connectivity index (χ1) is 9.13. The lowest BCUT2D eigenvalue weighted by Gasteiger charge is -2.23. The topological polar surface area (TPSA) is 57.6 Å². The summed E-state index contributed by atoms with van der Waals surface area (Å²) in [4.78, 5) is 25.7. The predicted molar refractivity (Wildman–Crippen MR) is 69.8 cm³/mol. The fourth-order valence-corrected chi connectivity index (χ4v) is 3.56. The quantitative estimate of drug-likeness (QED) is 0.884. The van der Waals surface area contributed by atoms with Crippen molar-refractivity contribution in [3.63, 3.8) is 0 Å². The molecule has 0 bridgehead atoms. The zero-order valence-electron chi connectivity index (χ0n) is 10.7. The molecule has 1 saturated heterocycles. The summed E-state index contributed by atoms with van der Waals surface area (Å²) in [6.45, 7) is 0.945. The Balaban J connectivity index is 1.83. The summed E-state index contributed by atoms with van der Waals surface area (Å²) in [5.74, 6) is -0.661. The van der Waals surface area contributed by atoms with Crippen LogP contribution < -0.4 is 0 Å². The molecule has 100 valence electrons. The van der Waals surface area contributed by atoms with Gasteiger partial charge in [-0.15, -0.1) is 0 Å². The summed E-state index contributed by atoms with van der Waals surface area (Å²) in [5, 5.41) is 9.51. The lowest BCUT2D eigenvalue weighted by atomic mass is 9.81. The van der Waals surface area contributed by atoms with E-state index < -0.39 is 11.4 Å². The van der Waals surface area contributed by atoms with Crippen LogP contribution in [0.25, 0.3) is 0 Å². The monoisotopic (exact) mass is 259 g/mol. The summed E-state index contributed by atoms with van der Waals surface area (Å²) < 4.78 is 0. The number of carboxylic acids is 1. The largest absolute Gasteiger partial charge is 0.481 e. The van der Waals surface area contributed by atoms with Gasteiger partial charge < -0.3 is 10.0 Å². The van der Waals surface area contributed by atoms with Crippen LogP contribution in [0.3, 0.4) is 0 Å². The highest BCUT2D eigenvalue weighted by Gasteiger charge is 2.55. The molecule has 4 heteroatoms. The average molecular weight is 259 g/mol. The minimum Gasteiger partial charge on any atom is -0.481 e. The summed E-state index contributed by atoms with van der Waals surface area (Å²) in [6, 6.07) is 9.09. The highest BCUT2D eigenvalue weighted by atomic mass is 16.4. The van der Waals surface area contributed by atoms with Gasteiger partial charge in [0.25, 0.3) is 5.91 Å². The lowest BCUT2D eigenvalue weighted by Crippen LogP contribution is -2.37. The molecule has 1 aromatic rings. The van der Waals surface area contributed by atoms with Crippen LogP contribution in [0.4, 0.5) is 0 Å². The third-order valence-corrected chi connectivity index (χ3v) is 4.60. The molecule has 1 N–H and O–H groups in total. The van der Waals surface area contributed by atoms with E-state index in [-0.39, 0.29) is 11.8 Å². The van der Waals surface area contributed by atoms with Gasteiger partial charge in [-0.05, 0) is 30.9 Å². The third kappa shape index (κ3) is 1.82. The van der Waals surface area contributed by atoms with Crippen molar-refractivity contribution in [3.8, 4) is 0 Å². The number of carbonyl (C=O) groups is 2. The second-order valence-corrected chi connectivity index (χ2v) is 5.60. The Kier molecular flexibility index (Phi) is 2.81. The highest BCUT2D eigenvalue weighted by molar-refractivity contribution is 5.95. The molecular weight excluding hydrogens is 242 g/mol. The molecule has 2 fully saturated rings. The van der Waals surface area contributed by atoms with Gasteiger partial charge >= 0.3 is 5.97 Å². The summed E-state index contributed by atoms with van der Waals surface area (Å²) in [7, 11) is 0. The van der Waals surface area contributed by atoms with Crippen LogP contribution in [0.15, 0.2) is 30.3 Å². The Morgan fingerprint density at radius 2 is 2.00 bits per heavy atom. The maximum Gasteiger partial charge on any atom is 0.311 e. The minimum absolute atomic E-state index is 0.0457.